The maximum Gasteiger partial charge on any atom is 0.258 e. The molecule has 152 valence electrons. The van der Waals surface area contributed by atoms with E-state index in [1.165, 1.54) is 14.2 Å². The quantitative estimate of drug-likeness (QED) is 0.640. The van der Waals surface area contributed by atoms with Crippen molar-refractivity contribution in [2.75, 3.05) is 20.8 Å². The fourth-order valence-corrected chi connectivity index (χ4v) is 3.27. The van der Waals surface area contributed by atoms with Crippen LogP contribution < -0.4 is 15.0 Å². The number of aromatic amines is 1. The van der Waals surface area contributed by atoms with Crippen LogP contribution >= 0.6 is 11.6 Å². The molecule has 29 heavy (non-hydrogen) atoms. The van der Waals surface area contributed by atoms with Gasteiger partial charge in [0.05, 0.1) is 38.1 Å². The van der Waals surface area contributed by atoms with Crippen LogP contribution in [0.1, 0.15) is 18.3 Å². The summed E-state index contributed by atoms with van der Waals surface area (Å²) in [5.74, 6) is 1.22. The lowest BCUT2D eigenvalue weighted by molar-refractivity contribution is -0.131. The first-order chi connectivity index (χ1) is 14.0. The molecule has 1 N–H and O–H groups in total. The third kappa shape index (κ3) is 4.51. The van der Waals surface area contributed by atoms with E-state index in [-0.39, 0.29) is 24.4 Å². The number of carbonyl (C=O) groups is 1. The van der Waals surface area contributed by atoms with Crippen molar-refractivity contribution in [2.45, 2.75) is 19.9 Å². The van der Waals surface area contributed by atoms with Crippen LogP contribution in [-0.2, 0) is 17.8 Å². The number of hydrogen-bond acceptors (Lipinski definition) is 5. The van der Waals surface area contributed by atoms with Crippen molar-refractivity contribution in [2.24, 2.45) is 0 Å². The first-order valence-electron chi connectivity index (χ1n) is 9.13. The van der Waals surface area contributed by atoms with Crippen molar-refractivity contribution >= 4 is 28.4 Å². The van der Waals surface area contributed by atoms with Crippen LogP contribution in [-0.4, -0.2) is 41.5 Å². The van der Waals surface area contributed by atoms with E-state index >= 15 is 0 Å². The van der Waals surface area contributed by atoms with Gasteiger partial charge < -0.3 is 19.4 Å². The Morgan fingerprint density at radius 3 is 2.52 bits per heavy atom. The molecule has 8 heteroatoms. The molecule has 1 aromatic heterocycles. The highest BCUT2D eigenvalue weighted by Crippen LogP contribution is 2.30. The number of H-pyrrole nitrogens is 1. The molecule has 1 amide bonds. The number of likely N-dealkylation sites (N-methyl/N-ethyl adjacent to an activating group) is 1. The zero-order valence-corrected chi connectivity index (χ0v) is 17.2. The number of nitrogens with one attached hydrogen (secondary N) is 1. The molecule has 0 radical (unpaired) electrons. The lowest BCUT2D eigenvalue weighted by Gasteiger charge is -2.21. The van der Waals surface area contributed by atoms with Gasteiger partial charge in [0.1, 0.15) is 5.82 Å². The second-order valence-electron chi connectivity index (χ2n) is 6.41. The molecular weight excluding hydrogens is 394 g/mol. The molecule has 0 aliphatic heterocycles. The Morgan fingerprint density at radius 2 is 1.86 bits per heavy atom. The fraction of sp³-hybridized carbons (Fsp3) is 0.286. The molecule has 0 aliphatic carbocycles. The zero-order valence-electron chi connectivity index (χ0n) is 16.5. The van der Waals surface area contributed by atoms with E-state index in [2.05, 4.69) is 9.97 Å². The number of methoxy groups -OCH3 is 2. The van der Waals surface area contributed by atoms with Crippen molar-refractivity contribution in [3.63, 3.8) is 0 Å². The predicted molar refractivity (Wildman–Crippen MR) is 112 cm³/mol. The van der Waals surface area contributed by atoms with E-state index in [1.807, 2.05) is 25.1 Å². The van der Waals surface area contributed by atoms with Gasteiger partial charge in [-0.2, -0.15) is 0 Å². The smallest absolute Gasteiger partial charge is 0.258 e. The van der Waals surface area contributed by atoms with Gasteiger partial charge in [-0.15, -0.1) is 0 Å². The summed E-state index contributed by atoms with van der Waals surface area (Å²) in [6, 6.07) is 10.5. The number of hydrogen-bond donors (Lipinski definition) is 1. The van der Waals surface area contributed by atoms with Gasteiger partial charge in [0.25, 0.3) is 5.56 Å². The SMILES string of the molecule is CCN(Cc1nc2cc(OC)c(OC)cc2c(=O)[nH]1)C(=O)Cc1ccccc1Cl. The van der Waals surface area contributed by atoms with Crippen molar-refractivity contribution in [1.82, 2.24) is 14.9 Å². The molecule has 0 unspecified atom stereocenters. The number of benzene rings is 2. The lowest BCUT2D eigenvalue weighted by Crippen LogP contribution is -2.33. The van der Waals surface area contributed by atoms with Crippen LogP contribution in [0.2, 0.25) is 5.02 Å². The minimum atomic E-state index is -0.305. The van der Waals surface area contributed by atoms with E-state index in [0.29, 0.717) is 39.8 Å². The topological polar surface area (TPSA) is 84.5 Å². The van der Waals surface area contributed by atoms with Crippen LogP contribution in [0.3, 0.4) is 0 Å². The van der Waals surface area contributed by atoms with Gasteiger partial charge in [-0.1, -0.05) is 29.8 Å². The number of nitrogens with zero attached hydrogens (tertiary/aromatic N) is 2. The molecule has 1 heterocycles. The molecule has 2 aromatic carbocycles. The summed E-state index contributed by atoms with van der Waals surface area (Å²) in [6.45, 7) is 2.52. The molecule has 0 fully saturated rings. The van der Waals surface area contributed by atoms with Crippen LogP contribution in [0.4, 0.5) is 0 Å². The highest BCUT2D eigenvalue weighted by molar-refractivity contribution is 6.31. The number of halogens is 1. The summed E-state index contributed by atoms with van der Waals surface area (Å²) in [4.78, 5) is 34.1. The van der Waals surface area contributed by atoms with Crippen molar-refractivity contribution in [1.29, 1.82) is 0 Å². The Morgan fingerprint density at radius 1 is 1.17 bits per heavy atom. The molecule has 0 atom stereocenters. The Hall–Kier alpha value is -3.06. The summed E-state index contributed by atoms with van der Waals surface area (Å²) in [5.41, 5.74) is 0.922. The van der Waals surface area contributed by atoms with Crippen LogP contribution in [0.25, 0.3) is 10.9 Å². The third-order valence-electron chi connectivity index (χ3n) is 4.63. The van der Waals surface area contributed by atoms with Gasteiger partial charge in [-0.05, 0) is 24.6 Å². The highest BCUT2D eigenvalue weighted by atomic mass is 35.5. The van der Waals surface area contributed by atoms with Gasteiger partial charge in [0.2, 0.25) is 5.91 Å². The van der Waals surface area contributed by atoms with Crippen molar-refractivity contribution < 1.29 is 14.3 Å². The maximum atomic E-state index is 12.7. The van der Waals surface area contributed by atoms with E-state index in [9.17, 15) is 9.59 Å². The Kier molecular flexibility index (Phi) is 6.39. The normalized spacial score (nSPS) is 10.8. The monoisotopic (exact) mass is 415 g/mol. The second kappa shape index (κ2) is 8.96. The Balaban J connectivity index is 1.88. The zero-order chi connectivity index (χ0) is 21.0. The lowest BCUT2D eigenvalue weighted by atomic mass is 10.1. The summed E-state index contributed by atoms with van der Waals surface area (Å²) in [7, 11) is 3.02. The number of fused-ring (bicyclic) bond motifs is 1. The molecule has 0 saturated heterocycles. The van der Waals surface area contributed by atoms with E-state index in [0.717, 1.165) is 5.56 Å². The number of amides is 1. The van der Waals surface area contributed by atoms with Crippen LogP contribution in [0.5, 0.6) is 11.5 Å². The standard InChI is InChI=1S/C21H22ClN3O4/c1-4-25(20(26)9-13-7-5-6-8-15(13)22)12-19-23-16-11-18(29-3)17(28-2)10-14(16)21(27)24-19/h5-8,10-11H,4,9,12H2,1-3H3,(H,23,24,27). The summed E-state index contributed by atoms with van der Waals surface area (Å²) in [5, 5.41) is 0.937. The molecule has 7 nitrogen and oxygen atoms in total. The van der Waals surface area contributed by atoms with E-state index in [4.69, 9.17) is 21.1 Å². The fourth-order valence-electron chi connectivity index (χ4n) is 3.06. The highest BCUT2D eigenvalue weighted by Gasteiger charge is 2.17. The van der Waals surface area contributed by atoms with Gasteiger partial charge in [-0.3, -0.25) is 9.59 Å². The molecule has 3 aromatic rings. The summed E-state index contributed by atoms with van der Waals surface area (Å²) >= 11 is 6.16. The first kappa shape index (κ1) is 20.7. The number of rotatable bonds is 7. The largest absolute Gasteiger partial charge is 0.493 e. The summed E-state index contributed by atoms with van der Waals surface area (Å²) in [6.07, 6.45) is 0.177. The van der Waals surface area contributed by atoms with E-state index in [1.54, 1.807) is 23.1 Å². The average Bonchev–Trinajstić information content (AvgIpc) is 2.72. The van der Waals surface area contributed by atoms with Crippen LogP contribution in [0.15, 0.2) is 41.2 Å². The number of aromatic nitrogens is 2. The van der Waals surface area contributed by atoms with Crippen LogP contribution in [0, 0.1) is 0 Å². The molecule has 0 bridgehead atoms. The van der Waals surface area contributed by atoms with Crippen molar-refractivity contribution in [3.05, 3.63) is 63.2 Å². The predicted octanol–water partition coefficient (Wildman–Crippen LogP) is 3.18. The summed E-state index contributed by atoms with van der Waals surface area (Å²) < 4.78 is 10.5. The Bertz CT molecular complexity index is 1100. The molecule has 0 aliphatic rings. The molecule has 0 saturated carbocycles. The number of carbonyl (C=O) groups excluding carboxylic acids is 1. The minimum Gasteiger partial charge on any atom is -0.493 e. The average molecular weight is 416 g/mol. The van der Waals surface area contributed by atoms with Gasteiger partial charge in [0.15, 0.2) is 11.5 Å². The van der Waals surface area contributed by atoms with Gasteiger partial charge in [-0.25, -0.2) is 4.98 Å². The van der Waals surface area contributed by atoms with Gasteiger partial charge in [0, 0.05) is 17.6 Å². The molecular formula is C21H22ClN3O4. The van der Waals surface area contributed by atoms with Crippen molar-refractivity contribution in [3.8, 4) is 11.5 Å². The Labute approximate surface area is 173 Å². The number of ether oxygens (including phenoxy) is 2. The van der Waals surface area contributed by atoms with E-state index < -0.39 is 0 Å². The third-order valence-corrected chi connectivity index (χ3v) is 5.00. The minimum absolute atomic E-state index is 0.101. The first-order valence-corrected chi connectivity index (χ1v) is 9.50. The maximum absolute atomic E-state index is 12.7. The molecule has 0 spiro atoms. The molecule has 3 rings (SSSR count). The van der Waals surface area contributed by atoms with Gasteiger partial charge >= 0.3 is 0 Å². The second-order valence-corrected chi connectivity index (χ2v) is 6.82.